The zero-order valence-electron chi connectivity index (χ0n) is 17.9. The van der Waals surface area contributed by atoms with E-state index >= 15 is 0 Å². The van der Waals surface area contributed by atoms with Crippen LogP contribution in [0, 0.1) is 20.8 Å². The number of carbonyl (C=O) groups excluding carboxylic acids is 1. The van der Waals surface area contributed by atoms with E-state index in [2.05, 4.69) is 41.9 Å². The highest BCUT2D eigenvalue weighted by molar-refractivity contribution is 5.78. The van der Waals surface area contributed by atoms with Crippen LogP contribution in [0.1, 0.15) is 23.2 Å². The maximum absolute atomic E-state index is 12.8. The molecule has 1 aliphatic heterocycles. The molecule has 2 aromatic carbocycles. The molecule has 156 valence electrons. The predicted molar refractivity (Wildman–Crippen MR) is 120 cm³/mol. The number of hydrogen-bond donors (Lipinski definition) is 0. The number of amides is 1. The van der Waals surface area contributed by atoms with E-state index < -0.39 is 0 Å². The summed E-state index contributed by atoms with van der Waals surface area (Å²) >= 11 is 0. The maximum Gasteiger partial charge on any atom is 0.272 e. The molecule has 6 heteroatoms. The number of carbonyl (C=O) groups is 1. The van der Waals surface area contributed by atoms with Crippen molar-refractivity contribution >= 4 is 22.6 Å². The Morgan fingerprint density at radius 2 is 1.70 bits per heavy atom. The third-order valence-corrected chi connectivity index (χ3v) is 6.11. The lowest BCUT2D eigenvalue weighted by Crippen LogP contribution is -2.49. The lowest BCUT2D eigenvalue weighted by molar-refractivity contribution is -0.131. The molecular weight excluding hydrogens is 376 g/mol. The third-order valence-electron chi connectivity index (χ3n) is 6.11. The smallest absolute Gasteiger partial charge is 0.272 e. The number of fused-ring (bicyclic) bond motifs is 1. The van der Waals surface area contributed by atoms with Gasteiger partial charge in [0.15, 0.2) is 0 Å². The molecule has 30 heavy (non-hydrogen) atoms. The SMILES string of the molecule is Cc1cccc(N2CCN(C(=O)CCn3c(=O)c(C)nc4ccccc43)CC2)c1C. The summed E-state index contributed by atoms with van der Waals surface area (Å²) in [6.07, 6.45) is 0.316. The summed E-state index contributed by atoms with van der Waals surface area (Å²) in [6.45, 7) is 9.44. The van der Waals surface area contributed by atoms with Gasteiger partial charge < -0.3 is 14.4 Å². The summed E-state index contributed by atoms with van der Waals surface area (Å²) in [5.41, 5.74) is 5.75. The van der Waals surface area contributed by atoms with Gasteiger partial charge in [0.1, 0.15) is 5.69 Å². The van der Waals surface area contributed by atoms with Crippen LogP contribution in [0.2, 0.25) is 0 Å². The van der Waals surface area contributed by atoms with Crippen molar-refractivity contribution < 1.29 is 4.79 Å². The second-order valence-corrected chi connectivity index (χ2v) is 7.98. The lowest BCUT2D eigenvalue weighted by atomic mass is 10.1. The number of nitrogens with zero attached hydrogens (tertiary/aromatic N) is 4. The molecule has 0 N–H and O–H groups in total. The first-order valence-electron chi connectivity index (χ1n) is 10.5. The Labute approximate surface area is 176 Å². The summed E-state index contributed by atoms with van der Waals surface area (Å²) in [5.74, 6) is 0.0982. The Hall–Kier alpha value is -3.15. The summed E-state index contributed by atoms with van der Waals surface area (Å²) in [5, 5.41) is 0. The average molecular weight is 405 g/mol. The number of rotatable bonds is 4. The van der Waals surface area contributed by atoms with Crippen LogP contribution in [0.5, 0.6) is 0 Å². The third kappa shape index (κ3) is 3.82. The fourth-order valence-electron chi connectivity index (χ4n) is 4.18. The molecule has 6 nitrogen and oxygen atoms in total. The number of aromatic nitrogens is 2. The van der Waals surface area contributed by atoms with Gasteiger partial charge in [-0.3, -0.25) is 9.59 Å². The highest BCUT2D eigenvalue weighted by atomic mass is 16.2. The molecular formula is C24H28N4O2. The van der Waals surface area contributed by atoms with Gasteiger partial charge >= 0.3 is 0 Å². The number of benzene rings is 2. The molecule has 2 heterocycles. The number of hydrogen-bond acceptors (Lipinski definition) is 4. The minimum absolute atomic E-state index is 0.0982. The van der Waals surface area contributed by atoms with Crippen LogP contribution in [0.4, 0.5) is 5.69 Å². The molecule has 0 radical (unpaired) electrons. The number of para-hydroxylation sites is 2. The standard InChI is InChI=1S/C24H28N4O2/c1-17-7-6-10-21(18(17)2)26-13-15-27(16-14-26)23(29)11-12-28-22-9-5-4-8-20(22)25-19(3)24(28)30/h4-10H,11-16H2,1-3H3. The molecule has 0 bridgehead atoms. The summed E-state index contributed by atoms with van der Waals surface area (Å²) < 4.78 is 1.68. The summed E-state index contributed by atoms with van der Waals surface area (Å²) in [7, 11) is 0. The van der Waals surface area contributed by atoms with Crippen molar-refractivity contribution in [3.63, 3.8) is 0 Å². The molecule has 1 amide bonds. The second-order valence-electron chi connectivity index (χ2n) is 7.98. The van der Waals surface area contributed by atoms with E-state index in [4.69, 9.17) is 0 Å². The predicted octanol–water partition coefficient (Wildman–Crippen LogP) is 3.06. The topological polar surface area (TPSA) is 58.4 Å². The Bertz CT molecular complexity index is 1140. The van der Waals surface area contributed by atoms with Gasteiger partial charge in [-0.05, 0) is 50.1 Å². The Morgan fingerprint density at radius 1 is 0.967 bits per heavy atom. The molecule has 0 unspecified atom stereocenters. The van der Waals surface area contributed by atoms with E-state index in [0.717, 1.165) is 24.1 Å². The maximum atomic E-state index is 12.8. The van der Waals surface area contributed by atoms with Gasteiger partial charge in [-0.1, -0.05) is 24.3 Å². The lowest BCUT2D eigenvalue weighted by Gasteiger charge is -2.37. The van der Waals surface area contributed by atoms with Gasteiger partial charge in [-0.15, -0.1) is 0 Å². The largest absolute Gasteiger partial charge is 0.368 e. The van der Waals surface area contributed by atoms with Crippen LogP contribution < -0.4 is 10.5 Å². The highest BCUT2D eigenvalue weighted by Gasteiger charge is 2.22. The molecule has 1 saturated heterocycles. The highest BCUT2D eigenvalue weighted by Crippen LogP contribution is 2.24. The first kappa shape index (κ1) is 20.1. The van der Waals surface area contributed by atoms with E-state index in [1.54, 1.807) is 11.5 Å². The van der Waals surface area contributed by atoms with Crippen molar-refractivity contribution in [1.82, 2.24) is 14.5 Å². The molecule has 1 aromatic heterocycles. The van der Waals surface area contributed by atoms with Crippen LogP contribution in [0.15, 0.2) is 47.3 Å². The van der Waals surface area contributed by atoms with Crippen molar-refractivity contribution in [3.05, 3.63) is 69.6 Å². The summed E-state index contributed by atoms with van der Waals surface area (Å²) in [6, 6.07) is 14.0. The van der Waals surface area contributed by atoms with Crippen molar-refractivity contribution in [3.8, 4) is 0 Å². The van der Waals surface area contributed by atoms with Crippen LogP contribution in [-0.2, 0) is 11.3 Å². The van der Waals surface area contributed by atoms with Gasteiger partial charge in [0.05, 0.1) is 11.0 Å². The van der Waals surface area contributed by atoms with Crippen molar-refractivity contribution in [2.24, 2.45) is 0 Å². The van der Waals surface area contributed by atoms with E-state index in [-0.39, 0.29) is 11.5 Å². The van der Waals surface area contributed by atoms with Crippen LogP contribution in [0.3, 0.4) is 0 Å². The van der Waals surface area contributed by atoms with Crippen LogP contribution >= 0.6 is 0 Å². The van der Waals surface area contributed by atoms with Crippen LogP contribution in [-0.4, -0.2) is 46.5 Å². The summed E-state index contributed by atoms with van der Waals surface area (Å²) in [4.78, 5) is 34.1. The van der Waals surface area contributed by atoms with Gasteiger partial charge in [-0.2, -0.15) is 0 Å². The minimum atomic E-state index is -0.124. The normalized spacial score (nSPS) is 14.4. The number of anilines is 1. The van der Waals surface area contributed by atoms with Gasteiger partial charge in [0, 0.05) is 44.8 Å². The van der Waals surface area contributed by atoms with Crippen LogP contribution in [0.25, 0.3) is 11.0 Å². The first-order valence-corrected chi connectivity index (χ1v) is 10.5. The molecule has 3 aromatic rings. The van der Waals surface area contributed by atoms with Crippen molar-refractivity contribution in [1.29, 1.82) is 0 Å². The number of aryl methyl sites for hydroxylation is 3. The molecule has 0 aliphatic carbocycles. The van der Waals surface area contributed by atoms with E-state index in [9.17, 15) is 9.59 Å². The van der Waals surface area contributed by atoms with Gasteiger partial charge in [-0.25, -0.2) is 4.98 Å². The minimum Gasteiger partial charge on any atom is -0.368 e. The van der Waals surface area contributed by atoms with E-state index in [0.29, 0.717) is 31.7 Å². The number of piperazine rings is 1. The average Bonchev–Trinajstić information content (AvgIpc) is 2.76. The molecule has 1 fully saturated rings. The van der Waals surface area contributed by atoms with Gasteiger partial charge in [0.25, 0.3) is 5.56 Å². The quantitative estimate of drug-likeness (QED) is 0.671. The molecule has 4 rings (SSSR count). The van der Waals surface area contributed by atoms with E-state index in [1.165, 1.54) is 16.8 Å². The van der Waals surface area contributed by atoms with Crippen molar-refractivity contribution in [2.45, 2.75) is 33.7 Å². The molecule has 0 atom stereocenters. The van der Waals surface area contributed by atoms with E-state index in [1.807, 2.05) is 29.2 Å². The second kappa shape index (κ2) is 8.30. The monoisotopic (exact) mass is 404 g/mol. The Balaban J connectivity index is 1.42. The fraction of sp³-hybridized carbons (Fsp3) is 0.375. The molecule has 1 aliphatic rings. The Kier molecular flexibility index (Phi) is 5.57. The zero-order valence-corrected chi connectivity index (χ0v) is 17.9. The molecule has 0 saturated carbocycles. The molecule has 0 spiro atoms. The van der Waals surface area contributed by atoms with Crippen molar-refractivity contribution in [2.75, 3.05) is 31.1 Å². The zero-order chi connectivity index (χ0) is 21.3. The first-order chi connectivity index (χ1) is 14.5. The fourth-order valence-corrected chi connectivity index (χ4v) is 4.18. The van der Waals surface area contributed by atoms with Gasteiger partial charge in [0.2, 0.25) is 5.91 Å². The Morgan fingerprint density at radius 3 is 2.47 bits per heavy atom.